The first-order valence-corrected chi connectivity index (χ1v) is 8.80. The number of hydrogen-bond acceptors (Lipinski definition) is 5. The number of hydrogen-bond donors (Lipinski definition) is 2. The van der Waals surface area contributed by atoms with Crippen LogP contribution in [0.4, 0.5) is 0 Å². The molecule has 0 aliphatic heterocycles. The highest BCUT2D eigenvalue weighted by Crippen LogP contribution is 2.27. The summed E-state index contributed by atoms with van der Waals surface area (Å²) in [6, 6.07) is 5.29. The summed E-state index contributed by atoms with van der Waals surface area (Å²) >= 11 is 0. The first kappa shape index (κ1) is 19.4. The van der Waals surface area contributed by atoms with Gasteiger partial charge in [-0.1, -0.05) is 6.42 Å². The molecule has 25 heavy (non-hydrogen) atoms. The second-order valence-corrected chi connectivity index (χ2v) is 6.69. The van der Waals surface area contributed by atoms with Gasteiger partial charge in [-0.15, -0.1) is 0 Å². The van der Waals surface area contributed by atoms with Gasteiger partial charge in [0, 0.05) is 18.1 Å². The standard InChI is InChI=1S/C19H30N4O2/c1-22(2)11-9-14-13-23(19(24)17(21)6-4-5-10-20)18-8-7-15(25-3)12-16(14)18/h7-8,12-13,17H,4-6,9-11,20-21H2,1-3H3/t17-/m0/s1. The average molecular weight is 346 g/mol. The largest absolute Gasteiger partial charge is 0.497 e. The van der Waals surface area contributed by atoms with Gasteiger partial charge in [0.15, 0.2) is 0 Å². The van der Waals surface area contributed by atoms with Crippen LogP contribution in [-0.4, -0.2) is 55.7 Å². The Morgan fingerprint density at radius 1 is 1.32 bits per heavy atom. The molecular weight excluding hydrogens is 316 g/mol. The van der Waals surface area contributed by atoms with Crippen LogP contribution in [0.2, 0.25) is 0 Å². The quantitative estimate of drug-likeness (QED) is 0.677. The number of rotatable bonds is 9. The second kappa shape index (κ2) is 8.99. The molecule has 4 N–H and O–H groups in total. The maximum Gasteiger partial charge on any atom is 0.247 e. The summed E-state index contributed by atoms with van der Waals surface area (Å²) in [7, 11) is 5.73. The molecule has 0 saturated carbocycles. The Bertz CT molecular complexity index is 709. The van der Waals surface area contributed by atoms with Crippen LogP contribution in [0.1, 0.15) is 29.6 Å². The predicted molar refractivity (Wildman–Crippen MR) is 102 cm³/mol. The van der Waals surface area contributed by atoms with Crippen molar-refractivity contribution in [1.29, 1.82) is 0 Å². The molecule has 1 aromatic carbocycles. The molecule has 2 aromatic rings. The molecule has 138 valence electrons. The number of fused-ring (bicyclic) bond motifs is 1. The molecule has 2 rings (SSSR count). The molecule has 0 saturated heterocycles. The van der Waals surface area contributed by atoms with Crippen molar-refractivity contribution in [2.75, 3.05) is 34.3 Å². The zero-order chi connectivity index (χ0) is 18.4. The fourth-order valence-corrected chi connectivity index (χ4v) is 2.94. The van der Waals surface area contributed by atoms with Gasteiger partial charge in [-0.2, -0.15) is 0 Å². The molecule has 0 bridgehead atoms. The third kappa shape index (κ3) is 4.81. The van der Waals surface area contributed by atoms with E-state index in [1.807, 2.05) is 38.5 Å². The minimum absolute atomic E-state index is 0.0664. The molecular formula is C19H30N4O2. The van der Waals surface area contributed by atoms with E-state index in [9.17, 15) is 4.79 Å². The Morgan fingerprint density at radius 3 is 2.72 bits per heavy atom. The van der Waals surface area contributed by atoms with Crippen LogP contribution in [0.5, 0.6) is 5.75 Å². The topological polar surface area (TPSA) is 86.5 Å². The first-order valence-electron chi connectivity index (χ1n) is 8.80. The number of methoxy groups -OCH3 is 1. The molecule has 6 heteroatoms. The maximum atomic E-state index is 12.8. The van der Waals surface area contributed by atoms with Crippen LogP contribution in [0.15, 0.2) is 24.4 Å². The SMILES string of the molecule is COc1ccc2c(c1)c(CCN(C)C)cn2C(=O)[C@@H](N)CCCCN. The number of likely N-dealkylation sites (N-methyl/N-ethyl adjacent to an activating group) is 1. The van der Waals surface area contributed by atoms with E-state index in [1.165, 1.54) is 0 Å². The van der Waals surface area contributed by atoms with Crippen LogP contribution in [0.25, 0.3) is 10.9 Å². The van der Waals surface area contributed by atoms with E-state index >= 15 is 0 Å². The first-order chi connectivity index (χ1) is 12.0. The minimum atomic E-state index is -0.508. The number of nitrogens with zero attached hydrogens (tertiary/aromatic N) is 2. The van der Waals surface area contributed by atoms with E-state index in [1.54, 1.807) is 11.7 Å². The van der Waals surface area contributed by atoms with Gasteiger partial charge in [0.1, 0.15) is 5.75 Å². The van der Waals surface area contributed by atoms with Gasteiger partial charge in [-0.3, -0.25) is 9.36 Å². The molecule has 1 atom stereocenters. The molecule has 0 spiro atoms. The normalized spacial score (nSPS) is 12.7. The monoisotopic (exact) mass is 346 g/mol. The van der Waals surface area contributed by atoms with Crippen molar-refractivity contribution in [3.63, 3.8) is 0 Å². The molecule has 0 amide bonds. The van der Waals surface area contributed by atoms with Crippen molar-refractivity contribution in [1.82, 2.24) is 9.47 Å². The third-order valence-corrected chi connectivity index (χ3v) is 4.45. The lowest BCUT2D eigenvalue weighted by Gasteiger charge is -2.12. The Kier molecular flexibility index (Phi) is 6.99. The van der Waals surface area contributed by atoms with Crippen LogP contribution < -0.4 is 16.2 Å². The Hall–Kier alpha value is -1.89. The predicted octanol–water partition coefficient (Wildman–Crippen LogP) is 1.85. The number of aromatic nitrogens is 1. The van der Waals surface area contributed by atoms with Crippen LogP contribution >= 0.6 is 0 Å². The van der Waals surface area contributed by atoms with Gasteiger partial charge in [0.05, 0.1) is 18.7 Å². The van der Waals surface area contributed by atoms with Crippen molar-refractivity contribution < 1.29 is 9.53 Å². The van der Waals surface area contributed by atoms with Gasteiger partial charge in [0.25, 0.3) is 0 Å². The molecule has 6 nitrogen and oxygen atoms in total. The Morgan fingerprint density at radius 2 is 2.08 bits per heavy atom. The van der Waals surface area contributed by atoms with E-state index in [-0.39, 0.29) is 5.91 Å². The van der Waals surface area contributed by atoms with Crippen molar-refractivity contribution in [3.8, 4) is 5.75 Å². The number of carbonyl (C=O) groups is 1. The number of unbranched alkanes of at least 4 members (excludes halogenated alkanes) is 1. The van der Waals surface area contributed by atoms with Crippen molar-refractivity contribution in [3.05, 3.63) is 30.0 Å². The van der Waals surface area contributed by atoms with Crippen molar-refractivity contribution in [2.24, 2.45) is 11.5 Å². The lowest BCUT2D eigenvalue weighted by Crippen LogP contribution is -2.34. The zero-order valence-electron chi connectivity index (χ0n) is 15.5. The number of carbonyl (C=O) groups excluding carboxylic acids is 1. The zero-order valence-corrected chi connectivity index (χ0v) is 15.5. The molecule has 0 radical (unpaired) electrons. The fourth-order valence-electron chi connectivity index (χ4n) is 2.94. The van der Waals surface area contributed by atoms with Gasteiger partial charge < -0.3 is 21.1 Å². The summed E-state index contributed by atoms with van der Waals surface area (Å²) in [6.45, 7) is 1.54. The Balaban J connectivity index is 2.33. The lowest BCUT2D eigenvalue weighted by molar-refractivity contribution is 0.0879. The molecule has 0 unspecified atom stereocenters. The second-order valence-electron chi connectivity index (χ2n) is 6.69. The highest BCUT2D eigenvalue weighted by molar-refractivity contribution is 5.97. The summed E-state index contributed by atoms with van der Waals surface area (Å²) in [5.74, 6) is 0.722. The van der Waals surface area contributed by atoms with Crippen LogP contribution in [-0.2, 0) is 6.42 Å². The summed E-state index contributed by atoms with van der Waals surface area (Å²) in [5.41, 5.74) is 13.7. The summed E-state index contributed by atoms with van der Waals surface area (Å²) in [4.78, 5) is 15.0. The molecule has 1 heterocycles. The third-order valence-electron chi connectivity index (χ3n) is 4.45. The lowest BCUT2D eigenvalue weighted by atomic mass is 10.1. The summed E-state index contributed by atoms with van der Waals surface area (Å²) in [5, 5.41) is 1.05. The molecule has 0 aliphatic carbocycles. The van der Waals surface area contributed by atoms with Crippen molar-refractivity contribution >= 4 is 16.8 Å². The summed E-state index contributed by atoms with van der Waals surface area (Å²) < 4.78 is 7.05. The Labute approximate surface area is 149 Å². The smallest absolute Gasteiger partial charge is 0.247 e. The fraction of sp³-hybridized carbons (Fsp3) is 0.526. The van der Waals surface area contributed by atoms with Crippen LogP contribution in [0, 0.1) is 0 Å². The van der Waals surface area contributed by atoms with Gasteiger partial charge in [-0.05, 0) is 63.7 Å². The molecule has 0 aliphatic rings. The molecule has 1 aromatic heterocycles. The number of ether oxygens (including phenoxy) is 1. The van der Waals surface area contributed by atoms with E-state index < -0.39 is 6.04 Å². The van der Waals surface area contributed by atoms with Gasteiger partial charge in [0.2, 0.25) is 5.91 Å². The number of nitrogens with two attached hydrogens (primary N) is 2. The average Bonchev–Trinajstić information content (AvgIpc) is 2.97. The highest BCUT2D eigenvalue weighted by Gasteiger charge is 2.19. The minimum Gasteiger partial charge on any atom is -0.497 e. The van der Waals surface area contributed by atoms with Gasteiger partial charge in [-0.25, -0.2) is 0 Å². The van der Waals surface area contributed by atoms with Gasteiger partial charge >= 0.3 is 0 Å². The number of benzene rings is 1. The van der Waals surface area contributed by atoms with Crippen molar-refractivity contribution in [2.45, 2.75) is 31.7 Å². The van der Waals surface area contributed by atoms with E-state index in [0.717, 1.165) is 48.0 Å². The maximum absolute atomic E-state index is 12.8. The van der Waals surface area contributed by atoms with E-state index in [0.29, 0.717) is 13.0 Å². The summed E-state index contributed by atoms with van der Waals surface area (Å²) in [6.07, 6.45) is 5.19. The van der Waals surface area contributed by atoms with E-state index in [2.05, 4.69) is 4.90 Å². The van der Waals surface area contributed by atoms with E-state index in [4.69, 9.17) is 16.2 Å². The molecule has 0 fully saturated rings. The van der Waals surface area contributed by atoms with Crippen LogP contribution in [0.3, 0.4) is 0 Å². The highest BCUT2D eigenvalue weighted by atomic mass is 16.5.